The summed E-state index contributed by atoms with van der Waals surface area (Å²) in [5.41, 5.74) is 1.35. The molecule has 0 rings (SSSR count). The lowest BCUT2D eigenvalue weighted by Crippen LogP contribution is -1.84. The van der Waals surface area contributed by atoms with Gasteiger partial charge >= 0.3 is 0 Å². The molecule has 0 aromatic carbocycles. The van der Waals surface area contributed by atoms with Crippen molar-refractivity contribution in [2.75, 3.05) is 0 Å². The lowest BCUT2D eigenvalue weighted by molar-refractivity contribution is 0.523. The summed E-state index contributed by atoms with van der Waals surface area (Å²) in [5.74, 6) is 0. The number of allylic oxidation sites excluding steroid dienone is 1. The third-order valence-electron chi connectivity index (χ3n) is 5.21. The Balaban J connectivity index is 2.97. The van der Waals surface area contributed by atoms with E-state index in [1.54, 1.807) is 0 Å². The zero-order chi connectivity index (χ0) is 17.7. The standard InChI is InChI=1S/C24H48/c1-4-5-6-7-8-9-10-11-12-13-14-15-16-17-18-19-20-21-22-23-24(2)3/h2,4-23H2,1,3H3. The predicted molar refractivity (Wildman–Crippen MR) is 113 cm³/mol. The van der Waals surface area contributed by atoms with Gasteiger partial charge in [-0.2, -0.15) is 0 Å². The lowest BCUT2D eigenvalue weighted by atomic mass is 10.0. The lowest BCUT2D eigenvalue weighted by Gasteiger charge is -2.04. The van der Waals surface area contributed by atoms with Crippen molar-refractivity contribution in [2.45, 2.75) is 142 Å². The molecular weight excluding hydrogens is 288 g/mol. The second-order valence-electron chi connectivity index (χ2n) is 8.07. The van der Waals surface area contributed by atoms with Gasteiger partial charge in [-0.15, -0.1) is 6.58 Å². The summed E-state index contributed by atoms with van der Waals surface area (Å²) >= 11 is 0. The highest BCUT2D eigenvalue weighted by Gasteiger charge is 1.95. The van der Waals surface area contributed by atoms with Crippen molar-refractivity contribution in [3.05, 3.63) is 12.2 Å². The summed E-state index contributed by atoms with van der Waals surface area (Å²) in [4.78, 5) is 0. The Kier molecular flexibility index (Phi) is 20.6. The van der Waals surface area contributed by atoms with Crippen LogP contribution in [0.3, 0.4) is 0 Å². The van der Waals surface area contributed by atoms with E-state index in [2.05, 4.69) is 20.4 Å². The molecule has 0 saturated heterocycles. The van der Waals surface area contributed by atoms with Crippen molar-refractivity contribution in [3.8, 4) is 0 Å². The van der Waals surface area contributed by atoms with Crippen LogP contribution < -0.4 is 0 Å². The molecule has 0 unspecified atom stereocenters. The Morgan fingerprint density at radius 1 is 0.458 bits per heavy atom. The molecule has 0 heterocycles. The van der Waals surface area contributed by atoms with Crippen molar-refractivity contribution in [2.24, 2.45) is 0 Å². The molecule has 0 radical (unpaired) electrons. The molecule has 144 valence electrons. The first kappa shape index (κ1) is 23.7. The smallest absolute Gasteiger partial charge is 0.0326 e. The monoisotopic (exact) mass is 336 g/mol. The van der Waals surface area contributed by atoms with Crippen LogP contribution in [0.4, 0.5) is 0 Å². The first-order chi connectivity index (χ1) is 11.8. The van der Waals surface area contributed by atoms with E-state index in [9.17, 15) is 0 Å². The maximum absolute atomic E-state index is 3.97. The molecule has 0 aliphatic rings. The number of rotatable bonds is 20. The fourth-order valence-corrected chi connectivity index (χ4v) is 3.51. The molecule has 0 fully saturated rings. The zero-order valence-corrected chi connectivity index (χ0v) is 17.3. The van der Waals surface area contributed by atoms with Crippen LogP contribution in [-0.2, 0) is 0 Å². The molecular formula is C24H48. The van der Waals surface area contributed by atoms with Crippen LogP contribution in [0.25, 0.3) is 0 Å². The Morgan fingerprint density at radius 3 is 0.958 bits per heavy atom. The minimum Gasteiger partial charge on any atom is -0.100 e. The van der Waals surface area contributed by atoms with Crippen LogP contribution in [0.1, 0.15) is 142 Å². The maximum Gasteiger partial charge on any atom is -0.0326 e. The second-order valence-corrected chi connectivity index (χ2v) is 8.07. The van der Waals surface area contributed by atoms with E-state index in [1.807, 2.05) is 0 Å². The van der Waals surface area contributed by atoms with Gasteiger partial charge in [-0.05, 0) is 19.8 Å². The molecule has 0 aliphatic carbocycles. The second kappa shape index (κ2) is 20.8. The Bertz CT molecular complexity index is 240. The van der Waals surface area contributed by atoms with Crippen LogP contribution in [0, 0.1) is 0 Å². The largest absolute Gasteiger partial charge is 0.100 e. The van der Waals surface area contributed by atoms with Crippen molar-refractivity contribution in [1.29, 1.82) is 0 Å². The molecule has 0 atom stereocenters. The summed E-state index contributed by atoms with van der Waals surface area (Å²) in [6, 6.07) is 0. The van der Waals surface area contributed by atoms with E-state index in [0.717, 1.165) is 0 Å². The van der Waals surface area contributed by atoms with Gasteiger partial charge < -0.3 is 0 Å². The van der Waals surface area contributed by atoms with Crippen LogP contribution >= 0.6 is 0 Å². The highest BCUT2D eigenvalue weighted by Crippen LogP contribution is 2.15. The quantitative estimate of drug-likeness (QED) is 0.153. The molecule has 0 bridgehead atoms. The number of hydrogen-bond donors (Lipinski definition) is 0. The molecule has 0 saturated carbocycles. The van der Waals surface area contributed by atoms with Gasteiger partial charge in [-0.3, -0.25) is 0 Å². The SMILES string of the molecule is C=C(C)CCCCCCCCCCCCCCCCCCCCC. The third kappa shape index (κ3) is 21.7. The highest BCUT2D eigenvalue weighted by atomic mass is 14.0. The van der Waals surface area contributed by atoms with Crippen molar-refractivity contribution in [1.82, 2.24) is 0 Å². The van der Waals surface area contributed by atoms with Gasteiger partial charge in [0.2, 0.25) is 0 Å². The minimum absolute atomic E-state index is 1.23. The molecule has 0 aromatic rings. The van der Waals surface area contributed by atoms with Gasteiger partial charge in [-0.1, -0.05) is 128 Å². The summed E-state index contributed by atoms with van der Waals surface area (Å²) in [5, 5.41) is 0. The summed E-state index contributed by atoms with van der Waals surface area (Å²) in [7, 11) is 0. The molecule has 0 N–H and O–H groups in total. The molecule has 0 nitrogen and oxygen atoms in total. The normalized spacial score (nSPS) is 11.1. The Hall–Kier alpha value is -0.260. The van der Waals surface area contributed by atoms with Gasteiger partial charge in [0.15, 0.2) is 0 Å². The van der Waals surface area contributed by atoms with E-state index < -0.39 is 0 Å². The van der Waals surface area contributed by atoms with Crippen LogP contribution in [0.15, 0.2) is 12.2 Å². The van der Waals surface area contributed by atoms with Crippen molar-refractivity contribution >= 4 is 0 Å². The third-order valence-corrected chi connectivity index (χ3v) is 5.21. The Labute approximate surface area is 154 Å². The average molecular weight is 337 g/mol. The fraction of sp³-hybridized carbons (Fsp3) is 0.917. The van der Waals surface area contributed by atoms with E-state index in [4.69, 9.17) is 0 Å². The molecule has 0 spiro atoms. The van der Waals surface area contributed by atoms with Crippen LogP contribution in [0.2, 0.25) is 0 Å². The summed E-state index contributed by atoms with van der Waals surface area (Å²) in [6.07, 6.45) is 28.9. The highest BCUT2D eigenvalue weighted by molar-refractivity contribution is 4.86. The fourth-order valence-electron chi connectivity index (χ4n) is 3.51. The van der Waals surface area contributed by atoms with Gasteiger partial charge in [0, 0.05) is 0 Å². The summed E-state index contributed by atoms with van der Waals surface area (Å²) in [6.45, 7) is 8.42. The maximum atomic E-state index is 3.97. The van der Waals surface area contributed by atoms with E-state index in [1.165, 1.54) is 134 Å². The average Bonchev–Trinajstić information content (AvgIpc) is 2.56. The Morgan fingerprint density at radius 2 is 0.708 bits per heavy atom. The number of unbranched alkanes of at least 4 members (excludes halogenated alkanes) is 18. The molecule has 0 amide bonds. The van der Waals surface area contributed by atoms with E-state index >= 15 is 0 Å². The number of hydrogen-bond acceptors (Lipinski definition) is 0. The van der Waals surface area contributed by atoms with Crippen molar-refractivity contribution in [3.63, 3.8) is 0 Å². The van der Waals surface area contributed by atoms with Crippen LogP contribution in [0.5, 0.6) is 0 Å². The first-order valence-corrected chi connectivity index (χ1v) is 11.4. The van der Waals surface area contributed by atoms with Crippen molar-refractivity contribution < 1.29 is 0 Å². The molecule has 0 aromatic heterocycles. The van der Waals surface area contributed by atoms with Gasteiger partial charge in [0.05, 0.1) is 0 Å². The molecule has 0 aliphatic heterocycles. The van der Waals surface area contributed by atoms with Gasteiger partial charge in [-0.25, -0.2) is 0 Å². The predicted octanol–water partition coefficient (Wildman–Crippen LogP) is 9.38. The topological polar surface area (TPSA) is 0 Å². The molecule has 0 heteroatoms. The molecule has 24 heavy (non-hydrogen) atoms. The zero-order valence-electron chi connectivity index (χ0n) is 17.3. The first-order valence-electron chi connectivity index (χ1n) is 11.4. The minimum atomic E-state index is 1.23. The van der Waals surface area contributed by atoms with Gasteiger partial charge in [0.25, 0.3) is 0 Å². The van der Waals surface area contributed by atoms with Gasteiger partial charge in [0.1, 0.15) is 0 Å². The van der Waals surface area contributed by atoms with E-state index in [0.29, 0.717) is 0 Å². The van der Waals surface area contributed by atoms with Crippen LogP contribution in [-0.4, -0.2) is 0 Å². The summed E-state index contributed by atoms with van der Waals surface area (Å²) < 4.78 is 0. The van der Waals surface area contributed by atoms with E-state index in [-0.39, 0.29) is 0 Å².